The maximum Gasteiger partial charge on any atom is 0.326 e. The number of nitrogens with one attached hydrogen (secondary N) is 3. The van der Waals surface area contributed by atoms with Crippen LogP contribution in [-0.2, 0) is 35.2 Å². The average Bonchev–Trinajstić information content (AvgIpc) is 2.83. The highest BCUT2D eigenvalue weighted by molar-refractivity contribution is 7.80. The number of nitrogens with two attached hydrogens (primary N) is 2. The lowest BCUT2D eigenvalue weighted by Crippen LogP contribution is -2.57. The number of carbonyl (C=O) groups is 6. The lowest BCUT2D eigenvalue weighted by molar-refractivity contribution is -0.143. The fourth-order valence-corrected chi connectivity index (χ4v) is 3.21. The second-order valence-electron chi connectivity index (χ2n) is 7.94. The number of carboxylic acid groups (broad SMARTS) is 2. The van der Waals surface area contributed by atoms with Gasteiger partial charge in [0.2, 0.25) is 23.6 Å². The van der Waals surface area contributed by atoms with Gasteiger partial charge in [-0.3, -0.25) is 24.0 Å². The van der Waals surface area contributed by atoms with Crippen LogP contribution in [-0.4, -0.2) is 75.7 Å². The van der Waals surface area contributed by atoms with E-state index in [1.165, 1.54) is 0 Å². The summed E-state index contributed by atoms with van der Waals surface area (Å²) in [6, 6.07) is 3.30. The third-order valence-corrected chi connectivity index (χ3v) is 5.42. The van der Waals surface area contributed by atoms with Crippen LogP contribution in [0.1, 0.15) is 31.2 Å². The predicted molar refractivity (Wildman–Crippen MR) is 131 cm³/mol. The van der Waals surface area contributed by atoms with Crippen LogP contribution in [0.25, 0.3) is 0 Å². The standard InChI is InChI=1S/C22H31N5O8S/c23-13(11-36)19(31)25-14(6-8-17(24)28)20(32)26-15(7-9-18(29)30)21(33)27-16(22(34)35)10-12-4-2-1-3-5-12/h1-5,13-16,36H,6-11,23H2,(H2,24,28)(H,25,31)(H,26,32)(H,27,33)(H,29,30)(H,34,35). The molecule has 0 heterocycles. The largest absolute Gasteiger partial charge is 0.481 e. The number of hydrogen-bond acceptors (Lipinski definition) is 8. The SMILES string of the molecule is NC(=O)CCC(NC(=O)C(N)CS)C(=O)NC(CCC(=O)O)C(=O)NC(Cc1ccccc1)C(=O)O. The van der Waals surface area contributed by atoms with Crippen molar-refractivity contribution in [1.82, 2.24) is 16.0 Å². The molecule has 1 rings (SSSR count). The minimum Gasteiger partial charge on any atom is -0.481 e. The maximum absolute atomic E-state index is 12.9. The highest BCUT2D eigenvalue weighted by atomic mass is 32.1. The number of rotatable bonds is 16. The topological polar surface area (TPSA) is 231 Å². The lowest BCUT2D eigenvalue weighted by atomic mass is 10.0. The Morgan fingerprint density at radius 1 is 0.806 bits per heavy atom. The number of thiol groups is 1. The Morgan fingerprint density at radius 2 is 1.31 bits per heavy atom. The molecule has 0 aliphatic heterocycles. The van der Waals surface area contributed by atoms with Gasteiger partial charge in [0.15, 0.2) is 0 Å². The minimum absolute atomic E-state index is 0.0301. The number of primary amides is 1. The summed E-state index contributed by atoms with van der Waals surface area (Å²) in [5.41, 5.74) is 11.4. The molecule has 14 heteroatoms. The first-order chi connectivity index (χ1) is 16.9. The van der Waals surface area contributed by atoms with E-state index in [0.717, 1.165) is 0 Å². The molecule has 0 aliphatic carbocycles. The van der Waals surface area contributed by atoms with Crippen LogP contribution in [0, 0.1) is 0 Å². The molecule has 1 aromatic carbocycles. The molecule has 36 heavy (non-hydrogen) atoms. The van der Waals surface area contributed by atoms with Crippen molar-refractivity contribution in [1.29, 1.82) is 0 Å². The molecule has 0 aliphatic rings. The summed E-state index contributed by atoms with van der Waals surface area (Å²) in [6.45, 7) is 0. The van der Waals surface area contributed by atoms with Crippen molar-refractivity contribution in [3.63, 3.8) is 0 Å². The molecule has 198 valence electrons. The summed E-state index contributed by atoms with van der Waals surface area (Å²) in [6.07, 6.45) is -1.43. The van der Waals surface area contributed by atoms with E-state index in [1.54, 1.807) is 30.3 Å². The number of carbonyl (C=O) groups excluding carboxylic acids is 4. The van der Waals surface area contributed by atoms with Gasteiger partial charge < -0.3 is 37.6 Å². The summed E-state index contributed by atoms with van der Waals surface area (Å²) in [4.78, 5) is 71.9. The fraction of sp³-hybridized carbons (Fsp3) is 0.455. The zero-order valence-electron chi connectivity index (χ0n) is 19.4. The second-order valence-corrected chi connectivity index (χ2v) is 8.30. The Kier molecular flexibility index (Phi) is 13.0. The molecule has 0 saturated heterocycles. The zero-order chi connectivity index (χ0) is 27.3. The van der Waals surface area contributed by atoms with E-state index in [2.05, 4.69) is 28.6 Å². The van der Waals surface area contributed by atoms with Crippen molar-refractivity contribution in [2.75, 3.05) is 5.75 Å². The first-order valence-corrected chi connectivity index (χ1v) is 11.6. The average molecular weight is 526 g/mol. The van der Waals surface area contributed by atoms with Gasteiger partial charge in [-0.25, -0.2) is 4.79 Å². The molecule has 1 aromatic rings. The van der Waals surface area contributed by atoms with Gasteiger partial charge in [0.1, 0.15) is 18.1 Å². The van der Waals surface area contributed by atoms with E-state index in [-0.39, 0.29) is 31.4 Å². The smallest absolute Gasteiger partial charge is 0.326 e. The molecule has 0 fully saturated rings. The Bertz CT molecular complexity index is 946. The summed E-state index contributed by atoms with van der Waals surface area (Å²) >= 11 is 3.91. The normalized spacial score (nSPS) is 13.9. The van der Waals surface area contributed by atoms with Gasteiger partial charge in [0.05, 0.1) is 6.04 Å². The number of aliphatic carboxylic acids is 2. The molecule has 4 atom stereocenters. The Balaban J connectivity index is 3.04. The molecule has 0 spiro atoms. The van der Waals surface area contributed by atoms with E-state index < -0.39 is 66.2 Å². The van der Waals surface area contributed by atoms with E-state index in [1.807, 2.05) is 0 Å². The number of amides is 4. The van der Waals surface area contributed by atoms with Crippen LogP contribution in [0.15, 0.2) is 30.3 Å². The summed E-state index contributed by atoms with van der Waals surface area (Å²) in [7, 11) is 0. The molecule has 9 N–H and O–H groups in total. The number of carboxylic acids is 2. The molecule has 0 bridgehead atoms. The molecular weight excluding hydrogens is 494 g/mol. The van der Waals surface area contributed by atoms with Gasteiger partial charge >= 0.3 is 11.9 Å². The first-order valence-electron chi connectivity index (χ1n) is 11.0. The highest BCUT2D eigenvalue weighted by Gasteiger charge is 2.30. The van der Waals surface area contributed by atoms with E-state index in [0.29, 0.717) is 5.56 Å². The van der Waals surface area contributed by atoms with Gasteiger partial charge in [-0.15, -0.1) is 0 Å². The van der Waals surface area contributed by atoms with Crippen molar-refractivity contribution in [2.24, 2.45) is 11.5 Å². The molecule has 0 aromatic heterocycles. The molecule has 0 radical (unpaired) electrons. The molecule has 0 saturated carbocycles. The summed E-state index contributed by atoms with van der Waals surface area (Å²) in [5.74, 6) is -5.93. The lowest BCUT2D eigenvalue weighted by Gasteiger charge is -2.25. The van der Waals surface area contributed by atoms with E-state index in [4.69, 9.17) is 16.6 Å². The monoisotopic (exact) mass is 525 g/mol. The fourth-order valence-electron chi connectivity index (χ4n) is 3.05. The van der Waals surface area contributed by atoms with E-state index >= 15 is 0 Å². The van der Waals surface area contributed by atoms with Gasteiger partial charge in [-0.05, 0) is 18.4 Å². The first kappa shape index (κ1) is 30.4. The van der Waals surface area contributed by atoms with Gasteiger partial charge in [-0.2, -0.15) is 12.6 Å². The number of benzene rings is 1. The van der Waals surface area contributed by atoms with Crippen LogP contribution < -0.4 is 27.4 Å². The van der Waals surface area contributed by atoms with Gasteiger partial charge in [0, 0.05) is 25.0 Å². The zero-order valence-corrected chi connectivity index (χ0v) is 20.3. The van der Waals surface area contributed by atoms with Crippen molar-refractivity contribution < 1.29 is 39.0 Å². The van der Waals surface area contributed by atoms with Crippen LogP contribution in [0.5, 0.6) is 0 Å². The van der Waals surface area contributed by atoms with E-state index in [9.17, 15) is 33.9 Å². The Hall–Kier alpha value is -3.65. The van der Waals surface area contributed by atoms with Crippen molar-refractivity contribution in [3.05, 3.63) is 35.9 Å². The summed E-state index contributed by atoms with van der Waals surface area (Å²) in [5, 5.41) is 25.6. The third-order valence-electron chi connectivity index (χ3n) is 5.02. The highest BCUT2D eigenvalue weighted by Crippen LogP contribution is 2.07. The van der Waals surface area contributed by atoms with Crippen LogP contribution in [0.2, 0.25) is 0 Å². The molecular formula is C22H31N5O8S. The maximum atomic E-state index is 12.9. The van der Waals surface area contributed by atoms with Gasteiger partial charge in [-0.1, -0.05) is 30.3 Å². The second kappa shape index (κ2) is 15.4. The number of hydrogen-bond donors (Lipinski definition) is 8. The summed E-state index contributed by atoms with van der Waals surface area (Å²) < 4.78 is 0. The van der Waals surface area contributed by atoms with Crippen molar-refractivity contribution in [3.8, 4) is 0 Å². The van der Waals surface area contributed by atoms with Crippen LogP contribution >= 0.6 is 12.6 Å². The van der Waals surface area contributed by atoms with Crippen molar-refractivity contribution >= 4 is 48.2 Å². The minimum atomic E-state index is -1.45. The van der Waals surface area contributed by atoms with Gasteiger partial charge in [0.25, 0.3) is 0 Å². The third kappa shape index (κ3) is 11.2. The quantitative estimate of drug-likeness (QED) is 0.113. The van der Waals surface area contributed by atoms with Crippen molar-refractivity contribution in [2.45, 2.75) is 56.3 Å². The molecule has 4 amide bonds. The van der Waals surface area contributed by atoms with Crippen LogP contribution in [0.4, 0.5) is 0 Å². The Labute approximate surface area is 212 Å². The predicted octanol–water partition coefficient (Wildman–Crippen LogP) is -1.84. The Morgan fingerprint density at radius 3 is 1.78 bits per heavy atom. The van der Waals surface area contributed by atoms with Crippen LogP contribution in [0.3, 0.4) is 0 Å². The molecule has 13 nitrogen and oxygen atoms in total. The molecule has 4 unspecified atom stereocenters.